The Bertz CT molecular complexity index is 374. The fourth-order valence-electron chi connectivity index (χ4n) is 2.35. The van der Waals surface area contributed by atoms with E-state index in [1.165, 1.54) is 22.3 Å². The van der Waals surface area contributed by atoms with E-state index in [2.05, 4.69) is 38.2 Å². The Morgan fingerprint density at radius 2 is 1.78 bits per heavy atom. The van der Waals surface area contributed by atoms with Crippen LogP contribution >= 0.6 is 0 Å². The fourth-order valence-corrected chi connectivity index (χ4v) is 2.35. The summed E-state index contributed by atoms with van der Waals surface area (Å²) in [5.74, 6) is 0. The number of nitrogens with one attached hydrogen (secondary N) is 1. The van der Waals surface area contributed by atoms with Gasteiger partial charge in [0.2, 0.25) is 0 Å². The van der Waals surface area contributed by atoms with Gasteiger partial charge in [0.1, 0.15) is 0 Å². The molecule has 102 valence electrons. The topological polar surface area (TPSA) is 21.3 Å². The van der Waals surface area contributed by atoms with Gasteiger partial charge in [-0.05, 0) is 69.8 Å². The summed E-state index contributed by atoms with van der Waals surface area (Å²) in [6.07, 6.45) is 2.23. The molecule has 0 radical (unpaired) electrons. The van der Waals surface area contributed by atoms with Crippen LogP contribution in [-0.2, 0) is 4.74 Å². The number of ether oxygens (including phenoxy) is 1. The predicted molar refractivity (Wildman–Crippen MR) is 78.2 cm³/mol. The summed E-state index contributed by atoms with van der Waals surface area (Å²) < 4.78 is 5.41. The molecule has 0 aliphatic heterocycles. The van der Waals surface area contributed by atoms with Gasteiger partial charge < -0.3 is 10.1 Å². The first-order valence-electron chi connectivity index (χ1n) is 6.92. The number of rotatable bonds is 7. The summed E-state index contributed by atoms with van der Waals surface area (Å²) in [7, 11) is 2.04. The Kier molecular flexibility index (Phi) is 6.37. The van der Waals surface area contributed by atoms with E-state index in [1.807, 2.05) is 14.0 Å². The maximum Gasteiger partial charge on any atom is 0.0466 e. The summed E-state index contributed by atoms with van der Waals surface area (Å²) in [5, 5.41) is 3.43. The zero-order valence-corrected chi connectivity index (χ0v) is 12.5. The Hall–Kier alpha value is -0.860. The van der Waals surface area contributed by atoms with E-state index in [0.29, 0.717) is 6.04 Å². The van der Waals surface area contributed by atoms with E-state index in [4.69, 9.17) is 4.74 Å². The highest BCUT2D eigenvalue weighted by atomic mass is 16.5. The molecule has 0 saturated heterocycles. The maximum absolute atomic E-state index is 5.41. The van der Waals surface area contributed by atoms with Crippen LogP contribution in [0.5, 0.6) is 0 Å². The molecule has 0 aliphatic rings. The van der Waals surface area contributed by atoms with Gasteiger partial charge in [-0.25, -0.2) is 0 Å². The lowest BCUT2D eigenvalue weighted by Gasteiger charge is -2.20. The highest BCUT2D eigenvalue weighted by Crippen LogP contribution is 2.24. The molecule has 1 rings (SSSR count). The molecule has 2 nitrogen and oxygen atoms in total. The van der Waals surface area contributed by atoms with Crippen LogP contribution in [0, 0.1) is 20.8 Å². The van der Waals surface area contributed by atoms with E-state index in [-0.39, 0.29) is 0 Å². The molecule has 0 amide bonds. The third-order valence-electron chi connectivity index (χ3n) is 3.59. The molecule has 0 saturated carbocycles. The SMILES string of the molecule is CCOCCCC(NC)c1cc(C)c(C)cc1C. The molecule has 0 fully saturated rings. The lowest BCUT2D eigenvalue weighted by atomic mass is 9.93. The molecule has 1 aromatic carbocycles. The van der Waals surface area contributed by atoms with Crippen LogP contribution in [0.25, 0.3) is 0 Å². The number of benzene rings is 1. The third-order valence-corrected chi connectivity index (χ3v) is 3.59. The van der Waals surface area contributed by atoms with Crippen molar-refractivity contribution in [3.63, 3.8) is 0 Å². The van der Waals surface area contributed by atoms with Gasteiger partial charge in [-0.2, -0.15) is 0 Å². The van der Waals surface area contributed by atoms with Crippen LogP contribution in [0.4, 0.5) is 0 Å². The van der Waals surface area contributed by atoms with Crippen molar-refractivity contribution in [3.8, 4) is 0 Å². The Labute approximate surface area is 112 Å². The summed E-state index contributed by atoms with van der Waals surface area (Å²) >= 11 is 0. The second-order valence-corrected chi connectivity index (χ2v) is 4.97. The van der Waals surface area contributed by atoms with Crippen molar-refractivity contribution in [2.75, 3.05) is 20.3 Å². The van der Waals surface area contributed by atoms with Gasteiger partial charge in [-0.15, -0.1) is 0 Å². The molecule has 0 heterocycles. The van der Waals surface area contributed by atoms with Gasteiger partial charge in [0.05, 0.1) is 0 Å². The lowest BCUT2D eigenvalue weighted by Crippen LogP contribution is -2.18. The Balaban J connectivity index is 2.72. The molecule has 1 N–H and O–H groups in total. The second-order valence-electron chi connectivity index (χ2n) is 4.97. The minimum Gasteiger partial charge on any atom is -0.382 e. The van der Waals surface area contributed by atoms with Crippen molar-refractivity contribution >= 4 is 0 Å². The first-order valence-corrected chi connectivity index (χ1v) is 6.92. The highest BCUT2D eigenvalue weighted by Gasteiger charge is 2.12. The zero-order chi connectivity index (χ0) is 13.5. The van der Waals surface area contributed by atoms with E-state index >= 15 is 0 Å². The second kappa shape index (κ2) is 7.55. The molecule has 0 spiro atoms. The van der Waals surface area contributed by atoms with Crippen molar-refractivity contribution in [2.45, 2.75) is 46.6 Å². The van der Waals surface area contributed by atoms with Crippen LogP contribution in [0.2, 0.25) is 0 Å². The molecular formula is C16H27NO. The van der Waals surface area contributed by atoms with Crippen LogP contribution < -0.4 is 5.32 Å². The summed E-state index contributed by atoms with van der Waals surface area (Å²) in [6, 6.07) is 5.05. The smallest absolute Gasteiger partial charge is 0.0466 e. The molecule has 2 heteroatoms. The zero-order valence-electron chi connectivity index (χ0n) is 12.5. The third kappa shape index (κ3) is 4.11. The van der Waals surface area contributed by atoms with Gasteiger partial charge in [0, 0.05) is 19.3 Å². The van der Waals surface area contributed by atoms with E-state index in [0.717, 1.165) is 26.1 Å². The van der Waals surface area contributed by atoms with E-state index in [1.54, 1.807) is 0 Å². The fraction of sp³-hybridized carbons (Fsp3) is 0.625. The summed E-state index contributed by atoms with van der Waals surface area (Å²) in [5.41, 5.74) is 5.56. The average molecular weight is 249 g/mol. The molecule has 0 aromatic heterocycles. The molecule has 1 unspecified atom stereocenters. The van der Waals surface area contributed by atoms with E-state index < -0.39 is 0 Å². The van der Waals surface area contributed by atoms with Gasteiger partial charge >= 0.3 is 0 Å². The van der Waals surface area contributed by atoms with Gasteiger partial charge in [-0.3, -0.25) is 0 Å². The van der Waals surface area contributed by atoms with Crippen LogP contribution in [0.3, 0.4) is 0 Å². The average Bonchev–Trinajstić information content (AvgIpc) is 2.35. The minimum absolute atomic E-state index is 0.435. The van der Waals surface area contributed by atoms with Crippen molar-refractivity contribution in [2.24, 2.45) is 0 Å². The monoisotopic (exact) mass is 249 g/mol. The molecule has 1 atom stereocenters. The van der Waals surface area contributed by atoms with Crippen LogP contribution in [0.15, 0.2) is 12.1 Å². The first-order chi connectivity index (χ1) is 8.60. The standard InChI is InChI=1S/C16H27NO/c1-6-18-9-7-8-16(17-5)15-11-13(3)12(2)10-14(15)4/h10-11,16-17H,6-9H2,1-5H3. The number of hydrogen-bond donors (Lipinski definition) is 1. The van der Waals surface area contributed by atoms with Crippen LogP contribution in [-0.4, -0.2) is 20.3 Å². The Morgan fingerprint density at radius 3 is 2.39 bits per heavy atom. The normalized spacial score (nSPS) is 12.7. The van der Waals surface area contributed by atoms with Crippen LogP contribution in [0.1, 0.15) is 48.1 Å². The van der Waals surface area contributed by atoms with Crippen molar-refractivity contribution < 1.29 is 4.74 Å². The quantitative estimate of drug-likeness (QED) is 0.744. The molecule has 0 aliphatic carbocycles. The largest absolute Gasteiger partial charge is 0.382 e. The van der Waals surface area contributed by atoms with Gasteiger partial charge in [0.25, 0.3) is 0 Å². The highest BCUT2D eigenvalue weighted by molar-refractivity contribution is 5.38. The predicted octanol–water partition coefficient (Wildman–Crippen LogP) is 3.69. The van der Waals surface area contributed by atoms with Crippen molar-refractivity contribution in [3.05, 3.63) is 34.4 Å². The molecular weight excluding hydrogens is 222 g/mol. The van der Waals surface area contributed by atoms with Crippen molar-refractivity contribution in [1.82, 2.24) is 5.32 Å². The number of aryl methyl sites for hydroxylation is 3. The maximum atomic E-state index is 5.41. The minimum atomic E-state index is 0.435. The van der Waals surface area contributed by atoms with Crippen molar-refractivity contribution in [1.29, 1.82) is 0 Å². The molecule has 0 bridgehead atoms. The lowest BCUT2D eigenvalue weighted by molar-refractivity contribution is 0.141. The van der Waals surface area contributed by atoms with Gasteiger partial charge in [0.15, 0.2) is 0 Å². The van der Waals surface area contributed by atoms with E-state index in [9.17, 15) is 0 Å². The first kappa shape index (κ1) is 15.2. The summed E-state index contributed by atoms with van der Waals surface area (Å²) in [4.78, 5) is 0. The summed E-state index contributed by atoms with van der Waals surface area (Å²) in [6.45, 7) is 10.3. The van der Waals surface area contributed by atoms with Gasteiger partial charge in [-0.1, -0.05) is 12.1 Å². The number of hydrogen-bond acceptors (Lipinski definition) is 2. The molecule has 18 heavy (non-hydrogen) atoms. The molecule has 1 aromatic rings. The Morgan fingerprint density at radius 1 is 1.11 bits per heavy atom.